The molecule has 0 heterocycles. The van der Waals surface area contributed by atoms with Gasteiger partial charge in [-0.2, -0.15) is 11.8 Å². The zero-order valence-corrected chi connectivity index (χ0v) is 15.4. The number of imide groups is 1. The lowest BCUT2D eigenvalue weighted by atomic mass is 10.2. The molecule has 0 aromatic carbocycles. The normalized spacial score (nSPS) is 12.1. The Morgan fingerprint density at radius 2 is 1.83 bits per heavy atom. The van der Waals surface area contributed by atoms with Crippen molar-refractivity contribution in [3.8, 4) is 0 Å². The van der Waals surface area contributed by atoms with E-state index in [1.165, 1.54) is 11.8 Å². The Bertz CT molecular complexity index is 478. The summed E-state index contributed by atoms with van der Waals surface area (Å²) in [5, 5.41) is 2.26. The van der Waals surface area contributed by atoms with Crippen LogP contribution in [0, 0.1) is 0 Å². The van der Waals surface area contributed by atoms with Crippen LogP contribution in [0.15, 0.2) is 0 Å². The van der Waals surface area contributed by atoms with E-state index in [1.54, 1.807) is 27.0 Å². The van der Waals surface area contributed by atoms with Crippen LogP contribution >= 0.6 is 11.8 Å². The first-order valence-electron chi connectivity index (χ1n) is 7.16. The topological polar surface area (TPSA) is 128 Å². The number of hydrogen-bond acceptors (Lipinski definition) is 8. The summed E-state index contributed by atoms with van der Waals surface area (Å²) in [6.45, 7) is 4.10. The van der Waals surface area contributed by atoms with E-state index in [-0.39, 0.29) is 12.3 Å². The number of amides is 3. The quantitative estimate of drug-likeness (QED) is 0.592. The van der Waals surface area contributed by atoms with Crippen LogP contribution in [0.3, 0.4) is 0 Å². The highest BCUT2D eigenvalue weighted by Gasteiger charge is 2.38. The maximum absolute atomic E-state index is 12.4. The van der Waals surface area contributed by atoms with E-state index in [4.69, 9.17) is 10.5 Å². The molecule has 0 rings (SSSR count). The van der Waals surface area contributed by atoms with Crippen LogP contribution in [0.1, 0.15) is 20.8 Å². The molecule has 0 saturated carbocycles. The van der Waals surface area contributed by atoms with Gasteiger partial charge < -0.3 is 20.5 Å². The van der Waals surface area contributed by atoms with Crippen molar-refractivity contribution in [2.45, 2.75) is 32.4 Å². The van der Waals surface area contributed by atoms with Crippen LogP contribution < -0.4 is 11.1 Å². The van der Waals surface area contributed by atoms with Crippen LogP contribution in [0.2, 0.25) is 0 Å². The van der Waals surface area contributed by atoms with Crippen molar-refractivity contribution in [3.05, 3.63) is 0 Å². The van der Waals surface area contributed by atoms with Crippen LogP contribution in [-0.2, 0) is 23.9 Å². The molecule has 0 bridgehead atoms. The number of methoxy groups -OCH3 is 1. The minimum atomic E-state index is -1.16. The number of hydrogen-bond donors (Lipinski definition) is 2. The summed E-state index contributed by atoms with van der Waals surface area (Å²) in [4.78, 5) is 48.6. The Kier molecular flexibility index (Phi) is 9.37. The Balaban J connectivity index is 5.46. The third kappa shape index (κ3) is 7.64. The van der Waals surface area contributed by atoms with Crippen LogP contribution in [0.25, 0.3) is 0 Å². The van der Waals surface area contributed by atoms with Crippen molar-refractivity contribution in [2.24, 2.45) is 5.73 Å². The van der Waals surface area contributed by atoms with Crippen LogP contribution in [0.5, 0.6) is 0 Å². The summed E-state index contributed by atoms with van der Waals surface area (Å²) in [5.74, 6) is -1.99. The smallest absolute Gasteiger partial charge is 0.417 e. The molecule has 0 aromatic heterocycles. The molecule has 0 radical (unpaired) electrons. The number of nitrogens with one attached hydrogen (secondary N) is 1. The van der Waals surface area contributed by atoms with Gasteiger partial charge in [0.25, 0.3) is 5.91 Å². The molecule has 9 nitrogen and oxygen atoms in total. The lowest BCUT2D eigenvalue weighted by molar-refractivity contribution is -0.151. The second kappa shape index (κ2) is 10.1. The number of thioether (sulfide) groups is 1. The molecule has 0 saturated heterocycles. The van der Waals surface area contributed by atoms with Gasteiger partial charge >= 0.3 is 12.1 Å². The van der Waals surface area contributed by atoms with Gasteiger partial charge in [0.15, 0.2) is 0 Å². The largest absolute Gasteiger partial charge is 0.467 e. The lowest BCUT2D eigenvalue weighted by Crippen LogP contribution is -2.54. The Labute approximate surface area is 145 Å². The number of carbonyl (C=O) groups excluding carboxylic acids is 4. The molecule has 0 aromatic rings. The summed E-state index contributed by atoms with van der Waals surface area (Å²) < 4.78 is 9.85. The minimum Gasteiger partial charge on any atom is -0.467 e. The molecule has 10 heteroatoms. The van der Waals surface area contributed by atoms with E-state index in [0.717, 1.165) is 7.11 Å². The number of ether oxygens (including phenoxy) is 2. The average molecular weight is 363 g/mol. The van der Waals surface area contributed by atoms with Gasteiger partial charge in [0.1, 0.15) is 11.6 Å². The van der Waals surface area contributed by atoms with Crippen LogP contribution in [-0.4, -0.2) is 72.6 Å². The van der Waals surface area contributed by atoms with Crippen molar-refractivity contribution in [1.82, 2.24) is 10.2 Å². The maximum atomic E-state index is 12.4. The van der Waals surface area contributed by atoms with Gasteiger partial charge in [0, 0.05) is 5.75 Å². The van der Waals surface area contributed by atoms with E-state index >= 15 is 0 Å². The molecule has 138 valence electrons. The Hall–Kier alpha value is -1.81. The number of nitrogens with zero attached hydrogens (tertiary/aromatic N) is 1. The van der Waals surface area contributed by atoms with E-state index in [9.17, 15) is 19.2 Å². The first kappa shape index (κ1) is 22.2. The number of nitrogens with two attached hydrogens (primary N) is 1. The monoisotopic (exact) mass is 363 g/mol. The average Bonchev–Trinajstić information content (AvgIpc) is 2.49. The van der Waals surface area contributed by atoms with Crippen molar-refractivity contribution in [2.75, 3.05) is 32.2 Å². The van der Waals surface area contributed by atoms with Crippen molar-refractivity contribution < 1.29 is 28.7 Å². The van der Waals surface area contributed by atoms with E-state index < -0.39 is 42.1 Å². The molecule has 3 amide bonds. The molecule has 0 fully saturated rings. The van der Waals surface area contributed by atoms with Gasteiger partial charge in [-0.1, -0.05) is 0 Å². The number of esters is 1. The second-order valence-corrected chi connectivity index (χ2v) is 6.63. The molecule has 3 N–H and O–H groups in total. The predicted octanol–water partition coefficient (Wildman–Crippen LogP) is -0.270. The third-order valence-corrected chi connectivity index (χ3v) is 3.24. The molecule has 1 atom stereocenters. The van der Waals surface area contributed by atoms with E-state index in [0.29, 0.717) is 4.90 Å². The summed E-state index contributed by atoms with van der Waals surface area (Å²) >= 11 is 1.25. The first-order valence-corrected chi connectivity index (χ1v) is 8.55. The highest BCUT2D eigenvalue weighted by Crippen LogP contribution is 2.15. The fourth-order valence-electron chi connectivity index (χ4n) is 1.59. The predicted molar refractivity (Wildman–Crippen MR) is 89.3 cm³/mol. The van der Waals surface area contributed by atoms with E-state index in [2.05, 4.69) is 10.1 Å². The zero-order valence-electron chi connectivity index (χ0n) is 14.6. The molecule has 0 aliphatic carbocycles. The lowest BCUT2D eigenvalue weighted by Gasteiger charge is -2.30. The minimum absolute atomic E-state index is 0.127. The van der Waals surface area contributed by atoms with Gasteiger partial charge in [-0.25, -0.2) is 14.5 Å². The van der Waals surface area contributed by atoms with Crippen molar-refractivity contribution in [3.63, 3.8) is 0 Å². The summed E-state index contributed by atoms with van der Waals surface area (Å²) in [5.41, 5.74) is 4.28. The summed E-state index contributed by atoms with van der Waals surface area (Å²) in [6.07, 6.45) is 0.725. The van der Waals surface area contributed by atoms with Gasteiger partial charge in [-0.15, -0.1) is 0 Å². The molecular weight excluding hydrogens is 338 g/mol. The molecule has 0 aliphatic rings. The Morgan fingerprint density at radius 3 is 2.25 bits per heavy atom. The van der Waals surface area contributed by atoms with Gasteiger partial charge in [0.05, 0.1) is 20.2 Å². The van der Waals surface area contributed by atoms with Gasteiger partial charge in [-0.05, 0) is 27.0 Å². The molecule has 0 unspecified atom stereocenters. The fraction of sp³-hybridized carbons (Fsp3) is 0.714. The maximum Gasteiger partial charge on any atom is 0.417 e. The first-order chi connectivity index (χ1) is 11.1. The SMILES string of the molecule is COC(=O)[C@H](CSC)N(C(=O)CNC(=O)CN)C(=O)OC(C)(C)C. The number of carbonyl (C=O) groups is 4. The molecule has 0 aliphatic heterocycles. The molecule has 24 heavy (non-hydrogen) atoms. The molecular formula is C14H25N3O6S. The summed E-state index contributed by atoms with van der Waals surface area (Å²) in [7, 11) is 1.16. The van der Waals surface area contributed by atoms with Gasteiger partial charge in [-0.3, -0.25) is 9.59 Å². The van der Waals surface area contributed by atoms with Gasteiger partial charge in [0.2, 0.25) is 5.91 Å². The van der Waals surface area contributed by atoms with Crippen molar-refractivity contribution in [1.29, 1.82) is 0 Å². The highest BCUT2D eigenvalue weighted by atomic mass is 32.2. The number of rotatable bonds is 7. The second-order valence-electron chi connectivity index (χ2n) is 5.72. The summed E-state index contributed by atoms with van der Waals surface area (Å²) in [6, 6.07) is -1.16. The fourth-order valence-corrected chi connectivity index (χ4v) is 2.19. The van der Waals surface area contributed by atoms with Crippen LogP contribution in [0.4, 0.5) is 4.79 Å². The zero-order chi connectivity index (χ0) is 18.9. The third-order valence-electron chi connectivity index (χ3n) is 2.59. The molecule has 0 spiro atoms. The van der Waals surface area contributed by atoms with E-state index in [1.807, 2.05) is 0 Å². The highest BCUT2D eigenvalue weighted by molar-refractivity contribution is 7.98. The van der Waals surface area contributed by atoms with Crippen molar-refractivity contribution >= 4 is 35.6 Å². The Morgan fingerprint density at radius 1 is 1.25 bits per heavy atom. The standard InChI is InChI=1S/C14H25N3O6S/c1-14(2,3)23-13(21)17(9(8-24-5)12(20)22-4)11(19)7-16-10(18)6-15/h9H,6-8,15H2,1-5H3,(H,16,18)/t9-/m0/s1.